The van der Waals surface area contributed by atoms with Crippen molar-refractivity contribution in [2.45, 2.75) is 25.4 Å². The Morgan fingerprint density at radius 2 is 1.80 bits per heavy atom. The normalized spacial score (nSPS) is 13.2. The zero-order chi connectivity index (χ0) is 28.8. The highest BCUT2D eigenvalue weighted by molar-refractivity contribution is 7.13. The minimum atomic E-state index is -0.812. The van der Waals surface area contributed by atoms with Crippen molar-refractivity contribution < 1.29 is 14.4 Å². The number of amides is 3. The number of nitrogens with one attached hydrogen (secondary N) is 2. The first-order chi connectivity index (χ1) is 19.9. The highest BCUT2D eigenvalue weighted by atomic mass is 32.1. The number of thiazole rings is 1. The summed E-state index contributed by atoms with van der Waals surface area (Å²) < 4.78 is 0. The van der Waals surface area contributed by atoms with E-state index in [0.717, 1.165) is 41.6 Å². The molecule has 1 aromatic heterocycles. The molecule has 0 bridgehead atoms. The third kappa shape index (κ3) is 6.70. The maximum absolute atomic E-state index is 13.8. The Morgan fingerprint density at radius 1 is 1.00 bits per heavy atom. The summed E-state index contributed by atoms with van der Waals surface area (Å²) in [6.07, 6.45) is 3.56. The monoisotopic (exact) mass is 567 g/mol. The predicted molar refractivity (Wildman–Crippen MR) is 162 cm³/mol. The van der Waals surface area contributed by atoms with Gasteiger partial charge in [-0.05, 0) is 73.9 Å². The topological polar surface area (TPSA) is 94.6 Å². The van der Waals surface area contributed by atoms with Crippen molar-refractivity contribution in [2.75, 3.05) is 32.5 Å². The fraction of sp³-hybridized carbons (Fsp3) is 0.250. The highest BCUT2D eigenvalue weighted by Gasteiger charge is 2.37. The first kappa shape index (κ1) is 28.2. The molecular weight excluding hydrogens is 534 g/mol. The van der Waals surface area contributed by atoms with Gasteiger partial charge in [0.25, 0.3) is 17.7 Å². The summed E-state index contributed by atoms with van der Waals surface area (Å²) in [5, 5.41) is 8.13. The predicted octanol–water partition coefficient (Wildman–Crippen LogP) is 5.22. The minimum absolute atomic E-state index is 0.114. The molecule has 9 heteroatoms. The zero-order valence-electron chi connectivity index (χ0n) is 23.2. The molecule has 0 saturated heterocycles. The van der Waals surface area contributed by atoms with Crippen LogP contribution in [-0.4, -0.2) is 59.7 Å². The molecule has 1 aliphatic heterocycles. The van der Waals surface area contributed by atoms with Crippen LogP contribution < -0.4 is 10.6 Å². The Labute approximate surface area is 244 Å². The quantitative estimate of drug-likeness (QED) is 0.243. The molecule has 1 atom stereocenters. The molecule has 3 amide bonds. The second kappa shape index (κ2) is 12.9. The molecule has 0 unspecified atom stereocenters. The van der Waals surface area contributed by atoms with Crippen LogP contribution >= 0.6 is 11.3 Å². The standard InChI is InChI=1S/C32H33N5O3S/c1-36(2)17-7-6-15-33-29(38)25-12-8-11-23(19-25)24-13-14-26-21-37(31(40)27(26)20-24)28(22-9-4-3-5-10-22)30(39)35-32-34-16-18-41-32/h3-5,8-14,16,18-20,28H,6-7,15,17,21H2,1-2H3,(H,33,38)(H,34,35,39)/t28-/m1/s1. The van der Waals surface area contributed by atoms with Crippen molar-refractivity contribution in [1.29, 1.82) is 0 Å². The zero-order valence-corrected chi connectivity index (χ0v) is 24.0. The van der Waals surface area contributed by atoms with E-state index < -0.39 is 6.04 Å². The molecule has 2 N–H and O–H groups in total. The van der Waals surface area contributed by atoms with Gasteiger partial charge < -0.3 is 15.1 Å². The SMILES string of the molecule is CN(C)CCCCNC(=O)c1cccc(-c2ccc3c(c2)C(=O)N([C@@H](C(=O)Nc2nccs2)c2ccccc2)C3)c1. The number of carbonyl (C=O) groups is 3. The van der Waals surface area contributed by atoms with Crippen LogP contribution in [0.4, 0.5) is 5.13 Å². The van der Waals surface area contributed by atoms with E-state index in [2.05, 4.69) is 20.5 Å². The average molecular weight is 568 g/mol. The van der Waals surface area contributed by atoms with Crippen LogP contribution in [0.15, 0.2) is 84.4 Å². The van der Waals surface area contributed by atoms with Crippen LogP contribution in [0, 0.1) is 0 Å². The number of carbonyl (C=O) groups excluding carboxylic acids is 3. The average Bonchev–Trinajstić information content (AvgIpc) is 3.61. The third-order valence-corrected chi connectivity index (χ3v) is 7.74. The lowest BCUT2D eigenvalue weighted by Crippen LogP contribution is -2.37. The Kier molecular flexibility index (Phi) is 8.86. The molecule has 41 heavy (non-hydrogen) atoms. The number of rotatable bonds is 11. The molecule has 0 spiro atoms. The van der Waals surface area contributed by atoms with Crippen molar-refractivity contribution in [3.63, 3.8) is 0 Å². The maximum Gasteiger partial charge on any atom is 0.255 e. The van der Waals surface area contributed by atoms with Gasteiger partial charge in [0.2, 0.25) is 0 Å². The van der Waals surface area contributed by atoms with Crippen molar-refractivity contribution in [3.8, 4) is 11.1 Å². The highest BCUT2D eigenvalue weighted by Crippen LogP contribution is 2.35. The van der Waals surface area contributed by atoms with Crippen LogP contribution in [0.2, 0.25) is 0 Å². The Morgan fingerprint density at radius 3 is 2.56 bits per heavy atom. The van der Waals surface area contributed by atoms with E-state index in [0.29, 0.717) is 29.3 Å². The van der Waals surface area contributed by atoms with Gasteiger partial charge in [0, 0.05) is 35.8 Å². The van der Waals surface area contributed by atoms with Crippen molar-refractivity contribution in [1.82, 2.24) is 20.1 Å². The second-order valence-corrected chi connectivity index (χ2v) is 11.2. The molecule has 1 aliphatic rings. The van der Waals surface area contributed by atoms with Crippen LogP contribution in [0.5, 0.6) is 0 Å². The lowest BCUT2D eigenvalue weighted by Gasteiger charge is -2.27. The van der Waals surface area contributed by atoms with Gasteiger partial charge in [0.05, 0.1) is 0 Å². The van der Waals surface area contributed by atoms with Gasteiger partial charge >= 0.3 is 0 Å². The third-order valence-electron chi connectivity index (χ3n) is 7.06. The number of unbranched alkanes of at least 4 members (excludes halogenated alkanes) is 1. The summed E-state index contributed by atoms with van der Waals surface area (Å²) in [5.41, 5.74) is 4.40. The fourth-order valence-electron chi connectivity index (χ4n) is 4.98. The second-order valence-electron chi connectivity index (χ2n) is 10.3. The Balaban J connectivity index is 1.34. The van der Waals surface area contributed by atoms with E-state index >= 15 is 0 Å². The van der Waals surface area contributed by atoms with Crippen molar-refractivity contribution in [3.05, 3.63) is 107 Å². The minimum Gasteiger partial charge on any atom is -0.352 e. The number of nitrogens with zero attached hydrogens (tertiary/aromatic N) is 3. The molecule has 4 aromatic rings. The number of aromatic nitrogens is 1. The van der Waals surface area contributed by atoms with Gasteiger partial charge in [0.15, 0.2) is 5.13 Å². The summed E-state index contributed by atoms with van der Waals surface area (Å²) >= 11 is 1.33. The molecule has 210 valence electrons. The summed E-state index contributed by atoms with van der Waals surface area (Å²) in [4.78, 5) is 47.9. The lowest BCUT2D eigenvalue weighted by atomic mass is 9.99. The van der Waals surface area contributed by atoms with Gasteiger partial charge in [-0.1, -0.05) is 54.6 Å². The van der Waals surface area contributed by atoms with E-state index in [1.165, 1.54) is 11.3 Å². The molecule has 0 saturated carbocycles. The van der Waals surface area contributed by atoms with Gasteiger partial charge in [-0.3, -0.25) is 19.7 Å². The lowest BCUT2D eigenvalue weighted by molar-refractivity contribution is -0.120. The van der Waals surface area contributed by atoms with Gasteiger partial charge in [0.1, 0.15) is 6.04 Å². The molecule has 8 nitrogen and oxygen atoms in total. The molecule has 5 rings (SSSR count). The Hall–Kier alpha value is -4.34. The van der Waals surface area contributed by atoms with Crippen LogP contribution in [0.25, 0.3) is 11.1 Å². The number of hydrogen-bond acceptors (Lipinski definition) is 6. The van der Waals surface area contributed by atoms with Gasteiger partial charge in [-0.2, -0.15) is 0 Å². The summed E-state index contributed by atoms with van der Waals surface area (Å²) in [6.45, 7) is 1.93. The van der Waals surface area contributed by atoms with Gasteiger partial charge in [-0.25, -0.2) is 4.98 Å². The van der Waals surface area contributed by atoms with E-state index in [1.807, 2.05) is 80.8 Å². The number of anilines is 1. The van der Waals surface area contributed by atoms with E-state index in [1.54, 1.807) is 22.5 Å². The molecule has 0 aliphatic carbocycles. The summed E-state index contributed by atoms with van der Waals surface area (Å²) in [7, 11) is 4.08. The fourth-order valence-corrected chi connectivity index (χ4v) is 5.51. The molecular formula is C32H33N5O3S. The van der Waals surface area contributed by atoms with Crippen molar-refractivity contribution in [2.24, 2.45) is 0 Å². The van der Waals surface area contributed by atoms with Gasteiger partial charge in [-0.15, -0.1) is 11.3 Å². The molecule has 0 radical (unpaired) electrons. The summed E-state index contributed by atoms with van der Waals surface area (Å²) in [5.74, 6) is -0.637. The van der Waals surface area contributed by atoms with Crippen LogP contribution in [0.3, 0.4) is 0 Å². The van der Waals surface area contributed by atoms with Crippen molar-refractivity contribution >= 4 is 34.2 Å². The number of fused-ring (bicyclic) bond motifs is 1. The molecule has 3 aromatic carbocycles. The first-order valence-corrected chi connectivity index (χ1v) is 14.5. The summed E-state index contributed by atoms with van der Waals surface area (Å²) in [6, 6.07) is 21.7. The largest absolute Gasteiger partial charge is 0.352 e. The number of hydrogen-bond donors (Lipinski definition) is 2. The van der Waals surface area contributed by atoms with E-state index in [4.69, 9.17) is 0 Å². The van der Waals surface area contributed by atoms with E-state index in [-0.39, 0.29) is 17.7 Å². The smallest absolute Gasteiger partial charge is 0.255 e. The first-order valence-electron chi connectivity index (χ1n) is 13.6. The maximum atomic E-state index is 13.8. The van der Waals surface area contributed by atoms with E-state index in [9.17, 15) is 14.4 Å². The number of benzene rings is 3. The molecule has 2 heterocycles. The Bertz CT molecular complexity index is 1520. The van der Waals surface area contributed by atoms with Crippen LogP contribution in [-0.2, 0) is 11.3 Å². The molecule has 0 fully saturated rings. The van der Waals surface area contributed by atoms with Crippen LogP contribution in [0.1, 0.15) is 50.7 Å².